The largest absolute Gasteiger partial charge is 0.338 e. The molecule has 3 aromatic heterocycles. The standard InChI is InChI=1S/C26H21N5O/c1-2-24(32)31-23-16-26(19-8-6-14-27-17-19,20-9-7-15-28-18-20)13-12-22(23)25(30-31)29-21-10-4-3-5-11-21/h2-15,17-18H,1,16H2,(H,29,30). The number of rotatable bonds is 5. The number of fused-ring (bicyclic) bond motifs is 1. The summed E-state index contributed by atoms with van der Waals surface area (Å²) in [7, 11) is 0. The van der Waals surface area contributed by atoms with E-state index in [-0.39, 0.29) is 5.91 Å². The summed E-state index contributed by atoms with van der Waals surface area (Å²) in [6.07, 6.45) is 13.2. The third kappa shape index (κ3) is 3.32. The summed E-state index contributed by atoms with van der Waals surface area (Å²) in [5.41, 5.74) is 4.10. The van der Waals surface area contributed by atoms with Crippen LogP contribution in [0, 0.1) is 0 Å². The summed E-state index contributed by atoms with van der Waals surface area (Å²) >= 11 is 0. The highest BCUT2D eigenvalue weighted by molar-refractivity contribution is 5.91. The molecule has 32 heavy (non-hydrogen) atoms. The lowest BCUT2D eigenvalue weighted by Crippen LogP contribution is -2.32. The Balaban J connectivity index is 1.68. The number of nitrogens with one attached hydrogen (secondary N) is 1. The van der Waals surface area contributed by atoms with E-state index in [9.17, 15) is 4.79 Å². The van der Waals surface area contributed by atoms with E-state index >= 15 is 0 Å². The zero-order valence-electron chi connectivity index (χ0n) is 17.3. The van der Waals surface area contributed by atoms with Gasteiger partial charge in [-0.3, -0.25) is 14.8 Å². The van der Waals surface area contributed by atoms with Crippen LogP contribution in [0.2, 0.25) is 0 Å². The molecular formula is C26H21N5O. The van der Waals surface area contributed by atoms with E-state index in [1.165, 1.54) is 10.8 Å². The molecule has 6 nitrogen and oxygen atoms in total. The molecule has 0 spiro atoms. The quantitative estimate of drug-likeness (QED) is 0.471. The van der Waals surface area contributed by atoms with Crippen molar-refractivity contribution in [2.45, 2.75) is 11.8 Å². The number of pyridine rings is 2. The van der Waals surface area contributed by atoms with Crippen molar-refractivity contribution >= 4 is 23.5 Å². The lowest BCUT2D eigenvalue weighted by molar-refractivity contribution is 0.0950. The molecule has 0 radical (unpaired) electrons. The van der Waals surface area contributed by atoms with Crippen molar-refractivity contribution in [2.24, 2.45) is 0 Å². The molecule has 0 unspecified atom stereocenters. The number of aromatic nitrogens is 4. The fourth-order valence-corrected chi connectivity index (χ4v) is 4.19. The minimum atomic E-state index is -0.529. The molecular weight excluding hydrogens is 398 g/mol. The van der Waals surface area contributed by atoms with E-state index in [2.05, 4.69) is 45.2 Å². The monoisotopic (exact) mass is 419 g/mol. The minimum Gasteiger partial charge on any atom is -0.338 e. The van der Waals surface area contributed by atoms with Crippen molar-refractivity contribution in [3.8, 4) is 0 Å². The summed E-state index contributed by atoms with van der Waals surface area (Å²) in [5, 5.41) is 7.96. The van der Waals surface area contributed by atoms with E-state index in [1.54, 1.807) is 12.4 Å². The summed E-state index contributed by atoms with van der Waals surface area (Å²) in [4.78, 5) is 21.4. The van der Waals surface area contributed by atoms with Gasteiger partial charge in [-0.05, 0) is 41.5 Å². The summed E-state index contributed by atoms with van der Waals surface area (Å²) in [6.45, 7) is 3.66. The molecule has 5 rings (SSSR count). The van der Waals surface area contributed by atoms with Gasteiger partial charge in [-0.1, -0.05) is 49.1 Å². The van der Waals surface area contributed by atoms with Crippen LogP contribution in [0.1, 0.15) is 27.2 Å². The Morgan fingerprint density at radius 2 is 1.69 bits per heavy atom. The third-order valence-corrected chi connectivity index (χ3v) is 5.78. The van der Waals surface area contributed by atoms with Crippen molar-refractivity contribution in [1.29, 1.82) is 0 Å². The fourth-order valence-electron chi connectivity index (χ4n) is 4.19. The Morgan fingerprint density at radius 3 is 2.28 bits per heavy atom. The first-order valence-electron chi connectivity index (χ1n) is 10.3. The molecule has 0 atom stereocenters. The Bertz CT molecular complexity index is 1250. The molecule has 0 saturated carbocycles. The smallest absolute Gasteiger partial charge is 0.270 e. The summed E-state index contributed by atoms with van der Waals surface area (Å²) < 4.78 is 1.44. The van der Waals surface area contributed by atoms with Crippen LogP contribution in [0.5, 0.6) is 0 Å². The molecule has 1 N–H and O–H groups in total. The second-order valence-electron chi connectivity index (χ2n) is 7.62. The van der Waals surface area contributed by atoms with Crippen LogP contribution in [0.15, 0.2) is 98.1 Å². The molecule has 0 amide bonds. The number of hydrogen-bond acceptors (Lipinski definition) is 5. The number of carbonyl (C=O) groups excluding carboxylic acids is 1. The normalized spacial score (nSPS) is 13.9. The zero-order chi connectivity index (χ0) is 22.0. The van der Waals surface area contributed by atoms with Gasteiger partial charge < -0.3 is 5.32 Å². The zero-order valence-corrected chi connectivity index (χ0v) is 17.3. The number of allylic oxidation sites excluding steroid dienone is 2. The van der Waals surface area contributed by atoms with Crippen LogP contribution in [-0.2, 0) is 11.8 Å². The number of hydrogen-bond donors (Lipinski definition) is 1. The Labute approximate surface area is 186 Å². The second kappa shape index (κ2) is 8.07. The number of benzene rings is 1. The van der Waals surface area contributed by atoms with E-state index in [0.717, 1.165) is 28.1 Å². The summed E-state index contributed by atoms with van der Waals surface area (Å²) in [5.74, 6) is 0.354. The van der Waals surface area contributed by atoms with E-state index in [4.69, 9.17) is 0 Å². The van der Waals surface area contributed by atoms with E-state index in [0.29, 0.717) is 12.2 Å². The van der Waals surface area contributed by atoms with Gasteiger partial charge in [-0.2, -0.15) is 4.68 Å². The predicted molar refractivity (Wildman–Crippen MR) is 125 cm³/mol. The molecule has 0 saturated heterocycles. The molecule has 6 heteroatoms. The van der Waals surface area contributed by atoms with Gasteiger partial charge in [0.15, 0.2) is 5.82 Å². The lowest BCUT2D eigenvalue weighted by atomic mass is 9.69. The van der Waals surface area contributed by atoms with Crippen LogP contribution in [-0.4, -0.2) is 25.7 Å². The highest BCUT2D eigenvalue weighted by Crippen LogP contribution is 2.43. The van der Waals surface area contributed by atoms with Gasteiger partial charge in [0, 0.05) is 47.9 Å². The minimum absolute atomic E-state index is 0.274. The Morgan fingerprint density at radius 1 is 1.00 bits per heavy atom. The molecule has 0 aliphatic heterocycles. The van der Waals surface area contributed by atoms with Gasteiger partial charge in [-0.15, -0.1) is 5.10 Å². The van der Waals surface area contributed by atoms with Crippen LogP contribution < -0.4 is 5.32 Å². The van der Waals surface area contributed by atoms with Gasteiger partial charge in [0.2, 0.25) is 0 Å². The first kappa shape index (κ1) is 19.6. The Kier molecular flexibility index (Phi) is 4.95. The first-order valence-corrected chi connectivity index (χ1v) is 10.3. The molecule has 156 valence electrons. The maximum absolute atomic E-state index is 12.7. The van der Waals surface area contributed by atoms with Gasteiger partial charge in [0.25, 0.3) is 5.91 Å². The van der Waals surface area contributed by atoms with Crippen molar-refractivity contribution in [1.82, 2.24) is 19.7 Å². The van der Waals surface area contributed by atoms with Crippen LogP contribution in [0.4, 0.5) is 11.5 Å². The van der Waals surface area contributed by atoms with Gasteiger partial charge in [-0.25, -0.2) is 0 Å². The van der Waals surface area contributed by atoms with Crippen LogP contribution in [0.25, 0.3) is 6.08 Å². The second-order valence-corrected chi connectivity index (χ2v) is 7.62. The van der Waals surface area contributed by atoms with Gasteiger partial charge in [0.05, 0.1) is 5.69 Å². The maximum atomic E-state index is 12.7. The van der Waals surface area contributed by atoms with E-state index < -0.39 is 5.41 Å². The van der Waals surface area contributed by atoms with Crippen molar-refractivity contribution in [3.05, 3.63) is 120 Å². The molecule has 1 aliphatic carbocycles. The average Bonchev–Trinajstić information content (AvgIpc) is 3.22. The molecule has 0 bridgehead atoms. The topological polar surface area (TPSA) is 72.7 Å². The SMILES string of the molecule is C=CC(=O)n1nc(Nc2ccccc2)c2c1CC(c1cccnc1)(c1cccnc1)C=C2. The lowest BCUT2D eigenvalue weighted by Gasteiger charge is -2.34. The van der Waals surface area contributed by atoms with E-state index in [1.807, 2.05) is 60.9 Å². The predicted octanol–water partition coefficient (Wildman–Crippen LogP) is 4.80. The number of anilines is 2. The molecule has 1 aromatic carbocycles. The van der Waals surface area contributed by atoms with Gasteiger partial charge >= 0.3 is 0 Å². The van der Waals surface area contributed by atoms with Crippen molar-refractivity contribution in [3.63, 3.8) is 0 Å². The third-order valence-electron chi connectivity index (χ3n) is 5.78. The average molecular weight is 419 g/mol. The van der Waals surface area contributed by atoms with Crippen LogP contribution >= 0.6 is 0 Å². The van der Waals surface area contributed by atoms with Crippen molar-refractivity contribution in [2.75, 3.05) is 5.32 Å². The van der Waals surface area contributed by atoms with Crippen molar-refractivity contribution < 1.29 is 4.79 Å². The highest BCUT2D eigenvalue weighted by atomic mass is 16.2. The Hall–Kier alpha value is -4.32. The number of nitrogens with zero attached hydrogens (tertiary/aromatic N) is 4. The molecule has 0 fully saturated rings. The fraction of sp³-hybridized carbons (Fsp3) is 0.0769. The molecule has 4 aromatic rings. The first-order chi connectivity index (χ1) is 15.7. The number of para-hydroxylation sites is 1. The highest BCUT2D eigenvalue weighted by Gasteiger charge is 2.38. The van der Waals surface area contributed by atoms with Crippen LogP contribution in [0.3, 0.4) is 0 Å². The molecule has 3 heterocycles. The summed E-state index contributed by atoms with van der Waals surface area (Å²) in [6, 6.07) is 17.7. The number of carbonyl (C=O) groups is 1. The maximum Gasteiger partial charge on any atom is 0.270 e. The van der Waals surface area contributed by atoms with Gasteiger partial charge in [0.1, 0.15) is 0 Å². The molecule has 1 aliphatic rings.